The summed E-state index contributed by atoms with van der Waals surface area (Å²) < 4.78 is 22.0. The van der Waals surface area contributed by atoms with E-state index in [0.29, 0.717) is 6.54 Å². The third-order valence-corrected chi connectivity index (χ3v) is 3.72. The van der Waals surface area contributed by atoms with Crippen molar-refractivity contribution in [2.45, 2.75) is 19.3 Å². The van der Waals surface area contributed by atoms with Crippen molar-refractivity contribution in [3.63, 3.8) is 0 Å². The van der Waals surface area contributed by atoms with Gasteiger partial charge in [-0.05, 0) is 5.56 Å². The van der Waals surface area contributed by atoms with E-state index in [4.69, 9.17) is 0 Å². The number of sulfone groups is 1. The van der Waals surface area contributed by atoms with Crippen molar-refractivity contribution in [1.82, 2.24) is 5.32 Å². The van der Waals surface area contributed by atoms with E-state index in [0.717, 1.165) is 6.54 Å². The second kappa shape index (κ2) is 5.65. The first-order chi connectivity index (χ1) is 7.81. The maximum Gasteiger partial charge on any atom is 0.148 e. The Balaban J connectivity index is 2.46. The molecule has 0 saturated heterocycles. The van der Waals surface area contributed by atoms with Gasteiger partial charge in [-0.2, -0.15) is 0 Å². The van der Waals surface area contributed by atoms with Crippen LogP contribution in [-0.4, -0.2) is 33.5 Å². The van der Waals surface area contributed by atoms with Crippen LogP contribution >= 0.6 is 0 Å². The zero-order chi connectivity index (χ0) is 12.9. The van der Waals surface area contributed by atoms with Gasteiger partial charge in [0.25, 0.3) is 0 Å². The molecule has 0 bridgehead atoms. The molecule has 0 radical (unpaired) electrons. The Bertz CT molecular complexity index is 438. The van der Waals surface area contributed by atoms with E-state index < -0.39 is 9.84 Å². The lowest BCUT2D eigenvalue weighted by Gasteiger charge is -2.25. The quantitative estimate of drug-likeness (QED) is 0.785. The van der Waals surface area contributed by atoms with E-state index in [-0.39, 0.29) is 11.2 Å². The molecule has 1 aromatic carbocycles. The van der Waals surface area contributed by atoms with Gasteiger partial charge in [0.15, 0.2) is 0 Å². The number of benzene rings is 1. The van der Waals surface area contributed by atoms with Crippen molar-refractivity contribution in [3.05, 3.63) is 35.9 Å². The average Bonchev–Trinajstić information content (AvgIpc) is 2.25. The van der Waals surface area contributed by atoms with Gasteiger partial charge in [-0.1, -0.05) is 44.2 Å². The van der Waals surface area contributed by atoms with Crippen LogP contribution in [0.5, 0.6) is 0 Å². The second-order valence-corrected chi connectivity index (χ2v) is 7.32. The lowest BCUT2D eigenvalue weighted by molar-refractivity contribution is 0.477. The summed E-state index contributed by atoms with van der Waals surface area (Å²) in [6.07, 6.45) is 1.26. The third kappa shape index (κ3) is 5.33. The third-order valence-electron chi connectivity index (χ3n) is 2.77. The number of rotatable bonds is 6. The van der Waals surface area contributed by atoms with E-state index in [1.54, 1.807) is 0 Å². The smallest absolute Gasteiger partial charge is 0.148 e. The zero-order valence-electron chi connectivity index (χ0n) is 10.7. The molecule has 1 aromatic rings. The SMILES string of the molecule is CC(C)(CNCCS(C)(=O)=O)c1ccccc1. The summed E-state index contributed by atoms with van der Waals surface area (Å²) in [7, 11) is -2.87. The van der Waals surface area contributed by atoms with Gasteiger partial charge in [0, 0.05) is 24.8 Å². The predicted molar refractivity (Wildman–Crippen MR) is 72.0 cm³/mol. The van der Waals surface area contributed by atoms with Crippen molar-refractivity contribution in [2.75, 3.05) is 25.1 Å². The summed E-state index contributed by atoms with van der Waals surface area (Å²) in [5.74, 6) is 0.192. The maximum atomic E-state index is 11.0. The Hall–Kier alpha value is -0.870. The molecule has 3 nitrogen and oxygen atoms in total. The lowest BCUT2D eigenvalue weighted by Crippen LogP contribution is -2.35. The Morgan fingerprint density at radius 2 is 1.76 bits per heavy atom. The van der Waals surface area contributed by atoms with Crippen LogP contribution in [0.15, 0.2) is 30.3 Å². The minimum atomic E-state index is -2.87. The maximum absolute atomic E-state index is 11.0. The Labute approximate surface area is 104 Å². The molecule has 0 aliphatic carbocycles. The van der Waals surface area contributed by atoms with E-state index in [9.17, 15) is 8.42 Å². The molecule has 1 N–H and O–H groups in total. The van der Waals surface area contributed by atoms with Crippen molar-refractivity contribution >= 4 is 9.84 Å². The molecule has 0 fully saturated rings. The highest BCUT2D eigenvalue weighted by Crippen LogP contribution is 2.21. The van der Waals surface area contributed by atoms with Crippen LogP contribution in [0.4, 0.5) is 0 Å². The van der Waals surface area contributed by atoms with Gasteiger partial charge in [0.1, 0.15) is 9.84 Å². The normalized spacial score (nSPS) is 12.6. The number of hydrogen-bond donors (Lipinski definition) is 1. The summed E-state index contributed by atoms with van der Waals surface area (Å²) in [5.41, 5.74) is 1.27. The van der Waals surface area contributed by atoms with E-state index in [1.165, 1.54) is 11.8 Å². The molecule has 17 heavy (non-hydrogen) atoms. The molecule has 1 rings (SSSR count). The predicted octanol–water partition coefficient (Wildman–Crippen LogP) is 1.60. The first-order valence-corrected chi connectivity index (χ1v) is 7.81. The molecule has 0 aliphatic heterocycles. The van der Waals surface area contributed by atoms with Crippen LogP contribution in [0, 0.1) is 0 Å². The monoisotopic (exact) mass is 255 g/mol. The summed E-state index contributed by atoms with van der Waals surface area (Å²) in [5, 5.41) is 3.20. The van der Waals surface area contributed by atoms with E-state index in [1.807, 2.05) is 18.2 Å². The summed E-state index contributed by atoms with van der Waals surface area (Å²) in [6.45, 7) is 5.58. The van der Waals surface area contributed by atoms with E-state index in [2.05, 4.69) is 31.3 Å². The molecule has 96 valence electrons. The zero-order valence-corrected chi connectivity index (χ0v) is 11.5. The largest absolute Gasteiger partial charge is 0.315 e. The van der Waals surface area contributed by atoms with Crippen molar-refractivity contribution in [1.29, 1.82) is 0 Å². The fourth-order valence-corrected chi connectivity index (χ4v) is 2.16. The molecular formula is C13H21NO2S. The summed E-state index contributed by atoms with van der Waals surface area (Å²) in [6, 6.07) is 10.2. The van der Waals surface area contributed by atoms with Gasteiger partial charge in [-0.3, -0.25) is 0 Å². The van der Waals surface area contributed by atoms with Gasteiger partial charge in [-0.25, -0.2) is 8.42 Å². The highest BCUT2D eigenvalue weighted by molar-refractivity contribution is 7.90. The standard InChI is InChI=1S/C13H21NO2S/c1-13(2,12-7-5-4-6-8-12)11-14-9-10-17(3,15)16/h4-8,14H,9-11H2,1-3H3. The molecule has 0 aromatic heterocycles. The summed E-state index contributed by atoms with van der Waals surface area (Å²) in [4.78, 5) is 0. The van der Waals surface area contributed by atoms with Crippen LogP contribution in [0.2, 0.25) is 0 Å². The van der Waals surface area contributed by atoms with Crippen LogP contribution in [0.1, 0.15) is 19.4 Å². The molecule has 0 heterocycles. The Morgan fingerprint density at radius 3 is 2.29 bits per heavy atom. The molecule has 0 amide bonds. The first kappa shape index (κ1) is 14.2. The Morgan fingerprint density at radius 1 is 1.18 bits per heavy atom. The fraction of sp³-hybridized carbons (Fsp3) is 0.538. The van der Waals surface area contributed by atoms with Crippen LogP contribution in [-0.2, 0) is 15.3 Å². The van der Waals surface area contributed by atoms with Crippen LogP contribution in [0.25, 0.3) is 0 Å². The topological polar surface area (TPSA) is 46.2 Å². The highest BCUT2D eigenvalue weighted by atomic mass is 32.2. The van der Waals surface area contributed by atoms with Crippen molar-refractivity contribution < 1.29 is 8.42 Å². The molecule has 0 unspecified atom stereocenters. The molecule has 0 atom stereocenters. The minimum Gasteiger partial charge on any atom is -0.315 e. The van der Waals surface area contributed by atoms with Gasteiger partial charge >= 0.3 is 0 Å². The Kier molecular flexibility index (Phi) is 4.71. The first-order valence-electron chi connectivity index (χ1n) is 5.75. The minimum absolute atomic E-state index is 0.0127. The van der Waals surface area contributed by atoms with Gasteiger partial charge < -0.3 is 5.32 Å². The second-order valence-electron chi connectivity index (χ2n) is 5.06. The van der Waals surface area contributed by atoms with E-state index >= 15 is 0 Å². The molecule has 4 heteroatoms. The molecule has 0 saturated carbocycles. The summed E-state index contributed by atoms with van der Waals surface area (Å²) >= 11 is 0. The van der Waals surface area contributed by atoms with Crippen LogP contribution in [0.3, 0.4) is 0 Å². The average molecular weight is 255 g/mol. The lowest BCUT2D eigenvalue weighted by atomic mass is 9.85. The van der Waals surface area contributed by atoms with Crippen LogP contribution < -0.4 is 5.32 Å². The number of hydrogen-bond acceptors (Lipinski definition) is 3. The highest BCUT2D eigenvalue weighted by Gasteiger charge is 2.19. The molecule has 0 aliphatic rings. The molecule has 0 spiro atoms. The van der Waals surface area contributed by atoms with Crippen molar-refractivity contribution in [3.8, 4) is 0 Å². The number of nitrogens with one attached hydrogen (secondary N) is 1. The van der Waals surface area contributed by atoms with Gasteiger partial charge in [0.2, 0.25) is 0 Å². The van der Waals surface area contributed by atoms with Gasteiger partial charge in [0.05, 0.1) is 5.75 Å². The fourth-order valence-electron chi connectivity index (χ4n) is 1.65. The van der Waals surface area contributed by atoms with Crippen molar-refractivity contribution in [2.24, 2.45) is 0 Å². The van der Waals surface area contributed by atoms with Gasteiger partial charge in [-0.15, -0.1) is 0 Å². The molecular weight excluding hydrogens is 234 g/mol.